The van der Waals surface area contributed by atoms with Gasteiger partial charge in [-0.1, -0.05) is 30.3 Å². The minimum atomic E-state index is -0.440. The molecule has 2 unspecified atom stereocenters. The Kier molecular flexibility index (Phi) is 6.85. The van der Waals surface area contributed by atoms with Crippen LogP contribution in [0.25, 0.3) is 0 Å². The molecule has 2 aromatic carbocycles. The van der Waals surface area contributed by atoms with Crippen LogP contribution in [0.5, 0.6) is 0 Å². The van der Waals surface area contributed by atoms with Crippen LogP contribution < -0.4 is 10.2 Å². The van der Waals surface area contributed by atoms with E-state index in [9.17, 15) is 14.4 Å². The lowest BCUT2D eigenvalue weighted by atomic mass is 10.1. The minimum absolute atomic E-state index is 0.0356. The number of ketones is 1. The molecule has 2 aromatic rings. The van der Waals surface area contributed by atoms with E-state index in [0.717, 1.165) is 24.3 Å². The number of morpholine rings is 1. The fourth-order valence-corrected chi connectivity index (χ4v) is 4.29. The van der Waals surface area contributed by atoms with Gasteiger partial charge in [-0.15, -0.1) is 0 Å². The summed E-state index contributed by atoms with van der Waals surface area (Å²) in [5.41, 5.74) is 2.66. The molecule has 2 heterocycles. The number of carbonyl (C=O) groups excluding carboxylic acids is 3. The standard InChI is InChI=1S/C25H29N3O4/c1-18(19-5-3-2-4-6-19)28-17-21(15-24(28)30)25(31)26-16-23(29)20-7-9-22(10-8-20)27-11-13-32-14-12-27/h2-10,18,21H,11-17H2,1H3,(H,26,31). The van der Waals surface area contributed by atoms with Crippen molar-refractivity contribution in [1.82, 2.24) is 10.2 Å². The zero-order chi connectivity index (χ0) is 22.5. The molecule has 4 rings (SSSR count). The summed E-state index contributed by atoms with van der Waals surface area (Å²) >= 11 is 0. The van der Waals surface area contributed by atoms with E-state index in [2.05, 4.69) is 10.2 Å². The minimum Gasteiger partial charge on any atom is -0.378 e. The van der Waals surface area contributed by atoms with Crippen LogP contribution in [0.2, 0.25) is 0 Å². The largest absolute Gasteiger partial charge is 0.378 e. The van der Waals surface area contributed by atoms with Gasteiger partial charge in [0.25, 0.3) is 0 Å². The Balaban J connectivity index is 1.29. The number of Topliss-reactive ketones (excluding diaryl/α,β-unsaturated/α-hetero) is 1. The summed E-state index contributed by atoms with van der Waals surface area (Å²) in [6, 6.07) is 17.1. The van der Waals surface area contributed by atoms with Crippen LogP contribution in [0, 0.1) is 5.92 Å². The molecule has 0 bridgehead atoms. The van der Waals surface area contributed by atoms with Crippen LogP contribution in [0.4, 0.5) is 5.69 Å². The molecule has 2 amide bonds. The van der Waals surface area contributed by atoms with Crippen LogP contribution in [0.1, 0.15) is 35.3 Å². The molecule has 168 valence electrons. The zero-order valence-electron chi connectivity index (χ0n) is 18.3. The van der Waals surface area contributed by atoms with E-state index in [0.29, 0.717) is 25.3 Å². The quantitative estimate of drug-likeness (QED) is 0.676. The van der Waals surface area contributed by atoms with Gasteiger partial charge in [0.1, 0.15) is 0 Å². The number of benzene rings is 2. The number of nitrogens with zero attached hydrogens (tertiary/aromatic N) is 2. The van der Waals surface area contributed by atoms with Gasteiger partial charge in [0, 0.05) is 37.3 Å². The Labute approximate surface area is 188 Å². The van der Waals surface area contributed by atoms with Gasteiger partial charge in [-0.2, -0.15) is 0 Å². The third-order valence-corrected chi connectivity index (χ3v) is 6.27. The number of carbonyl (C=O) groups is 3. The number of rotatable bonds is 7. The second kappa shape index (κ2) is 9.96. The summed E-state index contributed by atoms with van der Waals surface area (Å²) in [5, 5.41) is 2.73. The van der Waals surface area contributed by atoms with E-state index in [4.69, 9.17) is 4.74 Å². The van der Waals surface area contributed by atoms with Crippen molar-refractivity contribution in [2.75, 3.05) is 44.3 Å². The molecule has 7 nitrogen and oxygen atoms in total. The fourth-order valence-electron chi connectivity index (χ4n) is 4.29. The van der Waals surface area contributed by atoms with Crippen LogP contribution in [-0.2, 0) is 14.3 Å². The Morgan fingerprint density at radius 2 is 1.75 bits per heavy atom. The smallest absolute Gasteiger partial charge is 0.225 e. The maximum absolute atomic E-state index is 12.6. The van der Waals surface area contributed by atoms with E-state index >= 15 is 0 Å². The molecule has 0 spiro atoms. The number of likely N-dealkylation sites (tertiary alicyclic amines) is 1. The maximum atomic E-state index is 12.6. The van der Waals surface area contributed by atoms with E-state index in [1.807, 2.05) is 49.4 Å². The maximum Gasteiger partial charge on any atom is 0.225 e. The topological polar surface area (TPSA) is 79.0 Å². The van der Waals surface area contributed by atoms with Gasteiger partial charge in [-0.05, 0) is 36.8 Å². The van der Waals surface area contributed by atoms with Crippen molar-refractivity contribution in [2.45, 2.75) is 19.4 Å². The van der Waals surface area contributed by atoms with E-state index in [-0.39, 0.29) is 36.6 Å². The predicted octanol–water partition coefficient (Wildman–Crippen LogP) is 2.43. The van der Waals surface area contributed by atoms with Gasteiger partial charge in [-0.3, -0.25) is 14.4 Å². The number of hydrogen-bond donors (Lipinski definition) is 1. The van der Waals surface area contributed by atoms with Crippen LogP contribution in [-0.4, -0.2) is 61.9 Å². The van der Waals surface area contributed by atoms with Crippen molar-refractivity contribution in [3.63, 3.8) is 0 Å². The number of ether oxygens (including phenoxy) is 1. The number of anilines is 1. The molecule has 1 N–H and O–H groups in total. The summed E-state index contributed by atoms with van der Waals surface area (Å²) < 4.78 is 5.37. The molecular weight excluding hydrogens is 406 g/mol. The Hall–Kier alpha value is -3.19. The number of hydrogen-bond acceptors (Lipinski definition) is 5. The highest BCUT2D eigenvalue weighted by molar-refractivity contribution is 6.00. The summed E-state index contributed by atoms with van der Waals surface area (Å²) in [7, 11) is 0. The van der Waals surface area contributed by atoms with Crippen LogP contribution in [0.3, 0.4) is 0 Å². The first-order valence-corrected chi connectivity index (χ1v) is 11.1. The van der Waals surface area contributed by atoms with Gasteiger partial charge in [0.05, 0.1) is 31.7 Å². The molecule has 2 aliphatic rings. The summed E-state index contributed by atoms with van der Waals surface area (Å²) in [5.74, 6) is -0.873. The second-order valence-electron chi connectivity index (χ2n) is 8.32. The third-order valence-electron chi connectivity index (χ3n) is 6.27. The fraction of sp³-hybridized carbons (Fsp3) is 0.400. The highest BCUT2D eigenvalue weighted by Crippen LogP contribution is 2.28. The average Bonchev–Trinajstić information content (AvgIpc) is 3.24. The third kappa shape index (κ3) is 4.99. The van der Waals surface area contributed by atoms with Crippen molar-refractivity contribution in [1.29, 1.82) is 0 Å². The summed E-state index contributed by atoms with van der Waals surface area (Å²) in [6.07, 6.45) is 0.172. The number of nitrogens with one attached hydrogen (secondary N) is 1. The molecule has 0 radical (unpaired) electrons. The predicted molar refractivity (Wildman–Crippen MR) is 121 cm³/mol. The SMILES string of the molecule is CC(c1ccccc1)N1CC(C(=O)NCC(=O)c2ccc(N3CCOCC3)cc2)CC1=O. The number of amides is 2. The summed E-state index contributed by atoms with van der Waals surface area (Å²) in [4.78, 5) is 41.6. The van der Waals surface area contributed by atoms with Gasteiger partial charge < -0.3 is 19.9 Å². The van der Waals surface area contributed by atoms with E-state index < -0.39 is 5.92 Å². The van der Waals surface area contributed by atoms with Crippen molar-refractivity contribution < 1.29 is 19.1 Å². The molecule has 0 aliphatic carbocycles. The van der Waals surface area contributed by atoms with Gasteiger partial charge >= 0.3 is 0 Å². The molecule has 2 saturated heterocycles. The lowest BCUT2D eigenvalue weighted by molar-refractivity contribution is -0.130. The van der Waals surface area contributed by atoms with Gasteiger partial charge in [-0.25, -0.2) is 0 Å². The van der Waals surface area contributed by atoms with E-state index in [1.54, 1.807) is 17.0 Å². The molecule has 2 atom stereocenters. The van der Waals surface area contributed by atoms with Crippen molar-refractivity contribution in [3.05, 3.63) is 65.7 Å². The van der Waals surface area contributed by atoms with Gasteiger partial charge in [0.2, 0.25) is 11.8 Å². The average molecular weight is 436 g/mol. The molecular formula is C25H29N3O4. The molecule has 2 fully saturated rings. The first kappa shape index (κ1) is 22.0. The van der Waals surface area contributed by atoms with Crippen LogP contribution in [0.15, 0.2) is 54.6 Å². The first-order chi connectivity index (χ1) is 15.5. The normalized spacial score (nSPS) is 19.7. The Morgan fingerprint density at radius 1 is 1.06 bits per heavy atom. The van der Waals surface area contributed by atoms with Crippen molar-refractivity contribution in [3.8, 4) is 0 Å². The molecule has 7 heteroatoms. The Morgan fingerprint density at radius 3 is 2.44 bits per heavy atom. The monoisotopic (exact) mass is 435 g/mol. The summed E-state index contributed by atoms with van der Waals surface area (Å²) in [6.45, 7) is 5.35. The van der Waals surface area contributed by atoms with Crippen molar-refractivity contribution >= 4 is 23.3 Å². The van der Waals surface area contributed by atoms with Crippen molar-refractivity contribution in [2.24, 2.45) is 5.92 Å². The lowest BCUT2D eigenvalue weighted by Crippen LogP contribution is -2.37. The van der Waals surface area contributed by atoms with Gasteiger partial charge in [0.15, 0.2) is 5.78 Å². The molecule has 32 heavy (non-hydrogen) atoms. The lowest BCUT2D eigenvalue weighted by Gasteiger charge is -2.28. The van der Waals surface area contributed by atoms with Crippen LogP contribution >= 0.6 is 0 Å². The Bertz CT molecular complexity index is 955. The molecule has 0 aromatic heterocycles. The highest BCUT2D eigenvalue weighted by Gasteiger charge is 2.37. The highest BCUT2D eigenvalue weighted by atomic mass is 16.5. The molecule has 2 aliphatic heterocycles. The molecule has 0 saturated carbocycles. The first-order valence-electron chi connectivity index (χ1n) is 11.1. The second-order valence-corrected chi connectivity index (χ2v) is 8.32. The van der Waals surface area contributed by atoms with E-state index in [1.165, 1.54) is 0 Å². The zero-order valence-corrected chi connectivity index (χ0v) is 18.3.